The van der Waals surface area contributed by atoms with Crippen LogP contribution in [0.2, 0.25) is 0 Å². The number of thiazole rings is 1. The average molecular weight is 367 g/mol. The van der Waals surface area contributed by atoms with E-state index in [-0.39, 0.29) is 5.78 Å². The van der Waals surface area contributed by atoms with Gasteiger partial charge in [0.1, 0.15) is 11.6 Å². The zero-order valence-corrected chi connectivity index (χ0v) is 14.6. The number of carbonyl (C=O) groups excluding carboxylic acids is 2. The van der Waals surface area contributed by atoms with Crippen LogP contribution >= 0.6 is 11.3 Å². The molecule has 3 aromatic rings. The number of rotatable bonds is 5. The molecule has 0 unspecified atom stereocenters. The van der Waals surface area contributed by atoms with Crippen molar-refractivity contribution in [3.05, 3.63) is 87.6 Å². The molecule has 2 aromatic carbocycles. The summed E-state index contributed by atoms with van der Waals surface area (Å²) >= 11 is 1.50. The number of benzene rings is 2. The fraction of sp³-hybridized carbons (Fsp3) is 0.0500. The molecule has 26 heavy (non-hydrogen) atoms. The SMILES string of the molecule is Cc1nc(/C=C/C(=O)Oc2ccc(C(=O)c3ccc(F)cc3)cc2)cs1. The lowest BCUT2D eigenvalue weighted by Gasteiger charge is -2.04. The summed E-state index contributed by atoms with van der Waals surface area (Å²) < 4.78 is 18.1. The molecular formula is C20H14FNO3S. The van der Waals surface area contributed by atoms with Crippen molar-refractivity contribution in [2.75, 3.05) is 0 Å². The number of carbonyl (C=O) groups is 2. The van der Waals surface area contributed by atoms with Crippen molar-refractivity contribution in [2.45, 2.75) is 6.92 Å². The van der Waals surface area contributed by atoms with E-state index in [1.165, 1.54) is 53.8 Å². The summed E-state index contributed by atoms with van der Waals surface area (Å²) in [7, 11) is 0. The van der Waals surface area contributed by atoms with Gasteiger partial charge >= 0.3 is 5.97 Å². The second-order valence-electron chi connectivity index (χ2n) is 5.41. The molecule has 130 valence electrons. The largest absolute Gasteiger partial charge is 0.423 e. The van der Waals surface area contributed by atoms with Gasteiger partial charge in [0.05, 0.1) is 10.7 Å². The van der Waals surface area contributed by atoms with Crippen molar-refractivity contribution in [1.82, 2.24) is 4.98 Å². The summed E-state index contributed by atoms with van der Waals surface area (Å²) in [5, 5.41) is 2.76. The Kier molecular flexibility index (Phi) is 5.34. The van der Waals surface area contributed by atoms with Gasteiger partial charge in [-0.05, 0) is 61.5 Å². The number of halogens is 1. The predicted octanol–water partition coefficient (Wildman–Crippen LogP) is 4.44. The maximum atomic E-state index is 12.9. The lowest BCUT2D eigenvalue weighted by molar-refractivity contribution is -0.128. The molecule has 0 N–H and O–H groups in total. The molecule has 3 rings (SSSR count). The Morgan fingerprint density at radius 2 is 1.65 bits per heavy atom. The quantitative estimate of drug-likeness (QED) is 0.290. The van der Waals surface area contributed by atoms with Crippen LogP contribution in [0.3, 0.4) is 0 Å². The van der Waals surface area contributed by atoms with E-state index < -0.39 is 11.8 Å². The fourth-order valence-electron chi connectivity index (χ4n) is 2.20. The van der Waals surface area contributed by atoms with Crippen LogP contribution in [0.15, 0.2) is 60.0 Å². The minimum absolute atomic E-state index is 0.235. The molecule has 4 nitrogen and oxygen atoms in total. The molecule has 0 saturated carbocycles. The number of aryl methyl sites for hydroxylation is 1. The zero-order valence-electron chi connectivity index (χ0n) is 13.8. The molecule has 0 fully saturated rings. The summed E-state index contributed by atoms with van der Waals surface area (Å²) in [6, 6.07) is 11.5. The van der Waals surface area contributed by atoms with Gasteiger partial charge in [-0.25, -0.2) is 14.2 Å². The van der Waals surface area contributed by atoms with E-state index in [0.717, 1.165) is 5.01 Å². The third kappa shape index (κ3) is 4.49. The number of ether oxygens (including phenoxy) is 1. The first-order chi connectivity index (χ1) is 12.5. The molecule has 0 amide bonds. The Bertz CT molecular complexity index is 959. The smallest absolute Gasteiger partial charge is 0.336 e. The maximum absolute atomic E-state index is 12.9. The highest BCUT2D eigenvalue weighted by Gasteiger charge is 2.10. The fourth-order valence-corrected chi connectivity index (χ4v) is 2.78. The molecule has 0 aliphatic carbocycles. The lowest BCUT2D eigenvalue weighted by Crippen LogP contribution is -2.05. The summed E-state index contributed by atoms with van der Waals surface area (Å²) in [4.78, 5) is 28.4. The van der Waals surface area contributed by atoms with E-state index in [9.17, 15) is 14.0 Å². The van der Waals surface area contributed by atoms with Crippen molar-refractivity contribution >= 4 is 29.2 Å². The summed E-state index contributed by atoms with van der Waals surface area (Å²) in [6.45, 7) is 1.88. The second kappa shape index (κ2) is 7.84. The molecule has 0 saturated heterocycles. The highest BCUT2D eigenvalue weighted by atomic mass is 32.1. The molecule has 0 spiro atoms. The number of nitrogens with zero attached hydrogens (tertiary/aromatic N) is 1. The lowest BCUT2D eigenvalue weighted by atomic mass is 10.0. The number of hydrogen-bond acceptors (Lipinski definition) is 5. The molecule has 1 aromatic heterocycles. The summed E-state index contributed by atoms with van der Waals surface area (Å²) in [5.41, 5.74) is 1.51. The monoisotopic (exact) mass is 367 g/mol. The maximum Gasteiger partial charge on any atom is 0.336 e. The summed E-state index contributed by atoms with van der Waals surface area (Å²) in [6.07, 6.45) is 2.88. The van der Waals surface area contributed by atoms with Gasteiger partial charge in [0.15, 0.2) is 5.78 Å². The molecule has 0 aliphatic heterocycles. The van der Waals surface area contributed by atoms with Crippen molar-refractivity contribution in [2.24, 2.45) is 0 Å². The molecule has 0 bridgehead atoms. The normalized spacial score (nSPS) is 10.8. The van der Waals surface area contributed by atoms with E-state index in [1.807, 2.05) is 12.3 Å². The third-order valence-electron chi connectivity index (χ3n) is 3.47. The van der Waals surface area contributed by atoms with Gasteiger partial charge in [-0.1, -0.05) is 0 Å². The molecule has 6 heteroatoms. The van der Waals surface area contributed by atoms with Crippen LogP contribution < -0.4 is 4.74 Å². The zero-order chi connectivity index (χ0) is 18.5. The molecule has 0 radical (unpaired) electrons. The van der Waals surface area contributed by atoms with Gasteiger partial charge in [-0.3, -0.25) is 4.79 Å². The van der Waals surface area contributed by atoms with Crippen LogP contribution in [0.4, 0.5) is 4.39 Å². The Hall–Kier alpha value is -3.12. The van der Waals surface area contributed by atoms with Gasteiger partial charge in [0, 0.05) is 22.6 Å². The molecule has 1 heterocycles. The third-order valence-corrected chi connectivity index (χ3v) is 4.26. The molecular weight excluding hydrogens is 353 g/mol. The van der Waals surface area contributed by atoms with Crippen molar-refractivity contribution in [3.63, 3.8) is 0 Å². The first-order valence-electron chi connectivity index (χ1n) is 7.73. The number of ketones is 1. The van der Waals surface area contributed by atoms with Crippen LogP contribution in [0.5, 0.6) is 5.75 Å². The summed E-state index contributed by atoms with van der Waals surface area (Å²) in [5.74, 6) is -0.843. The highest BCUT2D eigenvalue weighted by Crippen LogP contribution is 2.16. The van der Waals surface area contributed by atoms with Gasteiger partial charge in [-0.2, -0.15) is 0 Å². The van der Waals surface area contributed by atoms with Crippen LogP contribution in [0.1, 0.15) is 26.6 Å². The van der Waals surface area contributed by atoms with E-state index >= 15 is 0 Å². The van der Waals surface area contributed by atoms with E-state index in [1.54, 1.807) is 18.2 Å². The van der Waals surface area contributed by atoms with Gasteiger partial charge < -0.3 is 4.74 Å². The van der Waals surface area contributed by atoms with Crippen LogP contribution in [-0.2, 0) is 4.79 Å². The van der Waals surface area contributed by atoms with Gasteiger partial charge in [0.2, 0.25) is 0 Å². The van der Waals surface area contributed by atoms with E-state index in [4.69, 9.17) is 4.74 Å². The van der Waals surface area contributed by atoms with Crippen LogP contribution in [0.25, 0.3) is 6.08 Å². The van der Waals surface area contributed by atoms with Crippen molar-refractivity contribution in [1.29, 1.82) is 0 Å². The Morgan fingerprint density at radius 3 is 2.23 bits per heavy atom. The predicted molar refractivity (Wildman–Crippen MR) is 97.8 cm³/mol. The first kappa shape index (κ1) is 17.7. The Morgan fingerprint density at radius 1 is 1.04 bits per heavy atom. The minimum atomic E-state index is -0.534. The number of aromatic nitrogens is 1. The standard InChI is InChI=1S/C20H14FNO3S/c1-13-22-17(12-26-13)8-11-19(23)25-18-9-4-15(5-10-18)20(24)14-2-6-16(21)7-3-14/h2-12H,1H3/b11-8+. The Labute approximate surface area is 153 Å². The average Bonchev–Trinajstić information content (AvgIpc) is 3.06. The first-order valence-corrected chi connectivity index (χ1v) is 8.61. The van der Waals surface area contributed by atoms with Crippen LogP contribution in [0, 0.1) is 12.7 Å². The van der Waals surface area contributed by atoms with Gasteiger partial charge in [0.25, 0.3) is 0 Å². The molecule has 0 atom stereocenters. The number of hydrogen-bond donors (Lipinski definition) is 0. The van der Waals surface area contributed by atoms with Gasteiger partial charge in [-0.15, -0.1) is 11.3 Å². The highest BCUT2D eigenvalue weighted by molar-refractivity contribution is 7.09. The second-order valence-corrected chi connectivity index (χ2v) is 6.47. The number of esters is 1. The minimum Gasteiger partial charge on any atom is -0.423 e. The van der Waals surface area contributed by atoms with Crippen molar-refractivity contribution in [3.8, 4) is 5.75 Å². The van der Waals surface area contributed by atoms with E-state index in [2.05, 4.69) is 4.98 Å². The van der Waals surface area contributed by atoms with E-state index in [0.29, 0.717) is 22.6 Å². The van der Waals surface area contributed by atoms with Crippen molar-refractivity contribution < 1.29 is 18.7 Å². The Balaban J connectivity index is 1.63. The van der Waals surface area contributed by atoms with Crippen LogP contribution in [-0.4, -0.2) is 16.7 Å². The molecule has 0 aliphatic rings. The topological polar surface area (TPSA) is 56.3 Å².